The van der Waals surface area contributed by atoms with Gasteiger partial charge in [0.2, 0.25) is 0 Å². The average molecular weight is 267 g/mol. The van der Waals surface area contributed by atoms with E-state index < -0.39 is 0 Å². The number of piperazine rings is 1. The summed E-state index contributed by atoms with van der Waals surface area (Å²) in [5.74, 6) is 0. The lowest BCUT2D eigenvalue weighted by atomic mass is 9.99. The zero-order chi connectivity index (χ0) is 13.5. The van der Waals surface area contributed by atoms with Crippen molar-refractivity contribution < 1.29 is 0 Å². The molecule has 0 aromatic heterocycles. The van der Waals surface area contributed by atoms with Gasteiger partial charge in [-0.15, -0.1) is 0 Å². The second kappa shape index (κ2) is 8.23. The first-order valence-corrected chi connectivity index (χ1v) is 8.50. The molecule has 2 saturated heterocycles. The van der Waals surface area contributed by atoms with E-state index in [9.17, 15) is 0 Å². The highest BCUT2D eigenvalue weighted by Crippen LogP contribution is 2.21. The molecule has 2 rings (SSSR count). The largest absolute Gasteiger partial charge is 0.314 e. The summed E-state index contributed by atoms with van der Waals surface area (Å²) in [4.78, 5) is 5.37. The average Bonchev–Trinajstić information content (AvgIpc) is 2.38. The van der Waals surface area contributed by atoms with Gasteiger partial charge in [-0.05, 0) is 13.3 Å². The van der Waals surface area contributed by atoms with Crippen LogP contribution >= 0.6 is 0 Å². The monoisotopic (exact) mass is 267 g/mol. The van der Waals surface area contributed by atoms with Crippen LogP contribution in [0.25, 0.3) is 0 Å². The summed E-state index contributed by atoms with van der Waals surface area (Å²) in [6, 6.07) is 1.66. The maximum Gasteiger partial charge on any atom is 0.0351 e. The van der Waals surface area contributed by atoms with Crippen molar-refractivity contribution in [1.29, 1.82) is 0 Å². The summed E-state index contributed by atoms with van der Waals surface area (Å²) in [5.41, 5.74) is 0. The van der Waals surface area contributed by atoms with Crippen molar-refractivity contribution >= 4 is 0 Å². The molecule has 0 aromatic rings. The molecule has 3 nitrogen and oxygen atoms in total. The first-order chi connectivity index (χ1) is 9.31. The summed E-state index contributed by atoms with van der Waals surface area (Å²) < 4.78 is 0. The molecule has 2 heterocycles. The van der Waals surface area contributed by atoms with Crippen molar-refractivity contribution in [2.24, 2.45) is 0 Å². The van der Waals surface area contributed by atoms with Gasteiger partial charge in [0.15, 0.2) is 0 Å². The van der Waals surface area contributed by atoms with Crippen LogP contribution in [0.5, 0.6) is 0 Å². The van der Waals surface area contributed by atoms with Crippen molar-refractivity contribution in [1.82, 2.24) is 15.1 Å². The van der Waals surface area contributed by atoms with E-state index in [1.807, 2.05) is 0 Å². The molecule has 2 fully saturated rings. The minimum atomic E-state index is 0.806. The minimum absolute atomic E-state index is 0.806. The third-order valence-electron chi connectivity index (χ3n) is 4.91. The molecule has 0 spiro atoms. The third kappa shape index (κ3) is 4.73. The Morgan fingerprint density at radius 1 is 1.05 bits per heavy atom. The lowest BCUT2D eigenvalue weighted by Crippen LogP contribution is -2.64. The number of unbranched alkanes of at least 4 members (excludes halogenated alkanes) is 4. The van der Waals surface area contributed by atoms with Crippen molar-refractivity contribution in [3.8, 4) is 0 Å². The van der Waals surface area contributed by atoms with E-state index in [0.29, 0.717) is 0 Å². The van der Waals surface area contributed by atoms with Gasteiger partial charge in [0.1, 0.15) is 0 Å². The number of likely N-dealkylation sites (tertiary alicyclic amines) is 1. The maximum atomic E-state index is 3.44. The normalized spacial score (nSPS) is 24.3. The van der Waals surface area contributed by atoms with Gasteiger partial charge < -0.3 is 5.32 Å². The zero-order valence-corrected chi connectivity index (χ0v) is 13.0. The standard InChI is InChI=1S/C16H33N3/c1-3-4-5-6-7-8-15(2)19-13-16(14-19)18-11-9-17-10-12-18/h15-17H,3-14H2,1-2H3. The summed E-state index contributed by atoms with van der Waals surface area (Å²) >= 11 is 0. The third-order valence-corrected chi connectivity index (χ3v) is 4.91. The van der Waals surface area contributed by atoms with Gasteiger partial charge in [0, 0.05) is 51.4 Å². The van der Waals surface area contributed by atoms with E-state index in [2.05, 4.69) is 29.0 Å². The van der Waals surface area contributed by atoms with Crippen LogP contribution in [-0.2, 0) is 0 Å². The molecular formula is C16H33N3. The highest BCUT2D eigenvalue weighted by atomic mass is 15.3. The summed E-state index contributed by atoms with van der Waals surface area (Å²) in [7, 11) is 0. The van der Waals surface area contributed by atoms with E-state index in [0.717, 1.165) is 12.1 Å². The highest BCUT2D eigenvalue weighted by molar-refractivity contribution is 4.91. The second-order valence-electron chi connectivity index (χ2n) is 6.45. The van der Waals surface area contributed by atoms with Crippen LogP contribution in [0.3, 0.4) is 0 Å². The van der Waals surface area contributed by atoms with Crippen LogP contribution in [0.2, 0.25) is 0 Å². The van der Waals surface area contributed by atoms with Gasteiger partial charge in [-0.2, -0.15) is 0 Å². The zero-order valence-electron chi connectivity index (χ0n) is 13.0. The van der Waals surface area contributed by atoms with Gasteiger partial charge >= 0.3 is 0 Å². The van der Waals surface area contributed by atoms with Gasteiger partial charge in [-0.1, -0.05) is 39.0 Å². The van der Waals surface area contributed by atoms with Crippen LogP contribution in [-0.4, -0.2) is 61.2 Å². The second-order valence-corrected chi connectivity index (χ2v) is 6.45. The van der Waals surface area contributed by atoms with Crippen LogP contribution < -0.4 is 5.32 Å². The molecule has 1 unspecified atom stereocenters. The first-order valence-electron chi connectivity index (χ1n) is 8.50. The fraction of sp³-hybridized carbons (Fsp3) is 1.00. The van der Waals surface area contributed by atoms with Crippen molar-refractivity contribution in [3.05, 3.63) is 0 Å². The SMILES string of the molecule is CCCCCCCC(C)N1CC(N2CCNCC2)C1. The molecule has 0 aromatic carbocycles. The van der Waals surface area contributed by atoms with Crippen molar-refractivity contribution in [3.63, 3.8) is 0 Å². The Morgan fingerprint density at radius 2 is 1.74 bits per heavy atom. The van der Waals surface area contributed by atoms with E-state index >= 15 is 0 Å². The van der Waals surface area contributed by atoms with Gasteiger partial charge in [0.25, 0.3) is 0 Å². The molecule has 0 radical (unpaired) electrons. The number of nitrogens with zero attached hydrogens (tertiary/aromatic N) is 2. The summed E-state index contributed by atoms with van der Waals surface area (Å²) in [6.07, 6.45) is 8.48. The van der Waals surface area contributed by atoms with Crippen molar-refractivity contribution in [2.75, 3.05) is 39.3 Å². The molecule has 0 amide bonds. The lowest BCUT2D eigenvalue weighted by molar-refractivity contribution is 0.00157. The Morgan fingerprint density at radius 3 is 2.42 bits per heavy atom. The molecule has 2 aliphatic rings. The maximum absolute atomic E-state index is 3.44. The number of hydrogen-bond donors (Lipinski definition) is 1. The quantitative estimate of drug-likeness (QED) is 0.681. The summed E-state index contributed by atoms with van der Waals surface area (Å²) in [5, 5.41) is 3.44. The smallest absolute Gasteiger partial charge is 0.0351 e. The Balaban J connectivity index is 1.52. The predicted molar refractivity (Wildman–Crippen MR) is 82.6 cm³/mol. The van der Waals surface area contributed by atoms with Crippen LogP contribution in [0.1, 0.15) is 52.4 Å². The molecule has 3 heteroatoms. The van der Waals surface area contributed by atoms with E-state index in [1.165, 1.54) is 77.8 Å². The van der Waals surface area contributed by atoms with Crippen LogP contribution in [0.4, 0.5) is 0 Å². The molecule has 1 N–H and O–H groups in total. The van der Waals surface area contributed by atoms with Gasteiger partial charge in [-0.3, -0.25) is 9.80 Å². The molecule has 0 bridgehead atoms. The molecular weight excluding hydrogens is 234 g/mol. The molecule has 0 saturated carbocycles. The Bertz CT molecular complexity index is 232. The van der Waals surface area contributed by atoms with Crippen LogP contribution in [0.15, 0.2) is 0 Å². The Kier molecular flexibility index (Phi) is 6.62. The number of rotatable bonds is 8. The Labute approximate surface area is 119 Å². The first kappa shape index (κ1) is 15.3. The molecule has 19 heavy (non-hydrogen) atoms. The van der Waals surface area contributed by atoms with Crippen molar-refractivity contribution in [2.45, 2.75) is 64.5 Å². The number of hydrogen-bond acceptors (Lipinski definition) is 3. The minimum Gasteiger partial charge on any atom is -0.314 e. The molecule has 2 aliphatic heterocycles. The van der Waals surface area contributed by atoms with E-state index in [1.54, 1.807) is 0 Å². The molecule has 1 atom stereocenters. The fourth-order valence-electron chi connectivity index (χ4n) is 3.35. The Hall–Kier alpha value is -0.120. The predicted octanol–water partition coefficient (Wildman–Crippen LogP) is 2.32. The van der Waals surface area contributed by atoms with E-state index in [-0.39, 0.29) is 0 Å². The molecule has 0 aliphatic carbocycles. The topological polar surface area (TPSA) is 18.5 Å². The van der Waals surface area contributed by atoms with E-state index in [4.69, 9.17) is 0 Å². The highest BCUT2D eigenvalue weighted by Gasteiger charge is 2.34. The van der Waals surface area contributed by atoms with Gasteiger partial charge in [0.05, 0.1) is 0 Å². The van der Waals surface area contributed by atoms with Gasteiger partial charge in [-0.25, -0.2) is 0 Å². The lowest BCUT2D eigenvalue weighted by Gasteiger charge is -2.49. The fourth-order valence-corrected chi connectivity index (χ4v) is 3.35. The summed E-state index contributed by atoms with van der Waals surface area (Å²) in [6.45, 7) is 12.2. The number of nitrogens with one attached hydrogen (secondary N) is 1. The molecule has 112 valence electrons. The van der Waals surface area contributed by atoms with Crippen LogP contribution in [0, 0.1) is 0 Å².